The molecule has 0 spiro atoms. The predicted molar refractivity (Wildman–Crippen MR) is 74.1 cm³/mol. The Kier molecular flexibility index (Phi) is 3.07. The second-order valence-electron chi connectivity index (χ2n) is 4.86. The van der Waals surface area contributed by atoms with Gasteiger partial charge in [-0.1, -0.05) is 23.7 Å². The first-order valence-electron chi connectivity index (χ1n) is 6.63. The fourth-order valence-electron chi connectivity index (χ4n) is 2.28. The molecule has 2 heterocycles. The molecule has 98 valence electrons. The topological polar surface area (TPSA) is 43.9 Å². The molecule has 0 aliphatic carbocycles. The van der Waals surface area contributed by atoms with Crippen molar-refractivity contribution in [1.29, 1.82) is 0 Å². The van der Waals surface area contributed by atoms with E-state index in [2.05, 4.69) is 59.0 Å². The van der Waals surface area contributed by atoms with Gasteiger partial charge in [0, 0.05) is 18.1 Å². The Bertz CT molecular complexity index is 696. The minimum Gasteiger partial charge on any atom is -0.338 e. The van der Waals surface area contributed by atoms with Crippen molar-refractivity contribution in [3.8, 4) is 0 Å². The lowest BCUT2D eigenvalue weighted by molar-refractivity contribution is 0.367. The Morgan fingerprint density at radius 1 is 1.26 bits per heavy atom. The maximum atomic E-state index is 5.28. The maximum absolute atomic E-state index is 5.28. The number of nitrogens with zero attached hydrogens (tertiary/aromatic N) is 3. The summed E-state index contributed by atoms with van der Waals surface area (Å²) in [7, 11) is 0. The van der Waals surface area contributed by atoms with Crippen LogP contribution in [-0.4, -0.2) is 14.7 Å². The van der Waals surface area contributed by atoms with Crippen molar-refractivity contribution in [2.45, 2.75) is 33.2 Å². The first-order chi connectivity index (χ1) is 9.26. The zero-order valence-electron chi connectivity index (χ0n) is 11.3. The van der Waals surface area contributed by atoms with E-state index in [1.54, 1.807) is 0 Å². The van der Waals surface area contributed by atoms with Crippen LogP contribution in [0.3, 0.4) is 0 Å². The number of fused-ring (bicyclic) bond motifs is 1. The molecule has 0 unspecified atom stereocenters. The van der Waals surface area contributed by atoms with Crippen molar-refractivity contribution in [2.75, 3.05) is 0 Å². The molecule has 3 rings (SSSR count). The molecule has 0 saturated heterocycles. The number of hydrogen-bond donors (Lipinski definition) is 0. The van der Waals surface area contributed by atoms with Gasteiger partial charge in [-0.15, -0.1) is 0 Å². The summed E-state index contributed by atoms with van der Waals surface area (Å²) in [6.45, 7) is 4.84. The molecule has 0 aliphatic heterocycles. The molecule has 19 heavy (non-hydrogen) atoms. The van der Waals surface area contributed by atoms with Crippen molar-refractivity contribution in [3.05, 3.63) is 47.7 Å². The van der Waals surface area contributed by atoms with E-state index in [0.29, 0.717) is 12.4 Å². The summed E-state index contributed by atoms with van der Waals surface area (Å²) in [6, 6.07) is 8.55. The van der Waals surface area contributed by atoms with Crippen molar-refractivity contribution >= 4 is 10.9 Å². The van der Waals surface area contributed by atoms with Gasteiger partial charge in [0.1, 0.15) is 6.54 Å². The van der Waals surface area contributed by atoms with Crippen molar-refractivity contribution in [2.24, 2.45) is 0 Å². The van der Waals surface area contributed by atoms with E-state index < -0.39 is 0 Å². The molecular formula is C15H17N3O. The van der Waals surface area contributed by atoms with E-state index >= 15 is 0 Å². The van der Waals surface area contributed by atoms with Gasteiger partial charge in [-0.25, -0.2) is 0 Å². The van der Waals surface area contributed by atoms with Gasteiger partial charge in [0.15, 0.2) is 5.82 Å². The molecule has 0 N–H and O–H groups in total. The smallest absolute Gasteiger partial charge is 0.246 e. The molecule has 4 nitrogen and oxygen atoms in total. The van der Waals surface area contributed by atoms with Crippen LogP contribution < -0.4 is 0 Å². The molecule has 3 aromatic rings. The van der Waals surface area contributed by atoms with Crippen LogP contribution in [0, 0.1) is 6.92 Å². The van der Waals surface area contributed by atoms with Crippen molar-refractivity contribution in [1.82, 2.24) is 14.7 Å². The predicted octanol–water partition coefficient (Wildman–Crippen LogP) is 3.33. The van der Waals surface area contributed by atoms with Crippen LogP contribution in [0.4, 0.5) is 0 Å². The standard InChI is InChI=1S/C15H17N3O/c1-3-4-14-16-15(19-17-14)10-18-8-7-12-9-11(2)5-6-13(12)18/h5-9H,3-4,10H2,1-2H3. The highest BCUT2D eigenvalue weighted by Gasteiger charge is 2.08. The molecule has 0 atom stereocenters. The Balaban J connectivity index is 1.88. The van der Waals surface area contributed by atoms with Crippen molar-refractivity contribution < 1.29 is 4.52 Å². The third kappa shape index (κ3) is 2.38. The van der Waals surface area contributed by atoms with Crippen LogP contribution in [-0.2, 0) is 13.0 Å². The third-order valence-corrected chi connectivity index (χ3v) is 3.22. The minimum atomic E-state index is 0.628. The summed E-state index contributed by atoms with van der Waals surface area (Å²) < 4.78 is 7.42. The number of aromatic nitrogens is 3. The molecule has 0 aliphatic rings. The Morgan fingerprint density at radius 2 is 2.16 bits per heavy atom. The molecule has 2 aromatic heterocycles. The highest BCUT2D eigenvalue weighted by Crippen LogP contribution is 2.18. The van der Waals surface area contributed by atoms with E-state index in [9.17, 15) is 0 Å². The van der Waals surface area contributed by atoms with Gasteiger partial charge < -0.3 is 9.09 Å². The monoisotopic (exact) mass is 255 g/mol. The fraction of sp³-hybridized carbons (Fsp3) is 0.333. The molecule has 0 saturated carbocycles. The maximum Gasteiger partial charge on any atom is 0.246 e. The van der Waals surface area contributed by atoms with Gasteiger partial charge in [0.2, 0.25) is 5.89 Å². The molecule has 0 amide bonds. The van der Waals surface area contributed by atoms with Crippen LogP contribution in [0.15, 0.2) is 35.0 Å². The van der Waals surface area contributed by atoms with Gasteiger partial charge in [-0.2, -0.15) is 4.98 Å². The van der Waals surface area contributed by atoms with Gasteiger partial charge in [0.25, 0.3) is 0 Å². The molecule has 4 heteroatoms. The molecule has 0 radical (unpaired) electrons. The Hall–Kier alpha value is -2.10. The largest absolute Gasteiger partial charge is 0.338 e. The SMILES string of the molecule is CCCc1noc(Cn2ccc3cc(C)ccc32)n1. The van der Waals surface area contributed by atoms with Gasteiger partial charge >= 0.3 is 0 Å². The van der Waals surface area contributed by atoms with Crippen LogP contribution in [0.25, 0.3) is 10.9 Å². The Morgan fingerprint density at radius 3 is 3.00 bits per heavy atom. The average Bonchev–Trinajstić information content (AvgIpc) is 2.98. The normalized spacial score (nSPS) is 11.3. The summed E-state index contributed by atoms with van der Waals surface area (Å²) in [5.74, 6) is 1.46. The van der Waals surface area contributed by atoms with Crippen LogP contribution in [0.2, 0.25) is 0 Å². The number of rotatable bonds is 4. The summed E-state index contributed by atoms with van der Waals surface area (Å²) in [6.07, 6.45) is 3.97. The Labute approximate surface area is 112 Å². The molecule has 0 fully saturated rings. The minimum absolute atomic E-state index is 0.628. The van der Waals surface area contributed by atoms with Gasteiger partial charge in [-0.05, 0) is 36.9 Å². The summed E-state index contributed by atoms with van der Waals surface area (Å²) >= 11 is 0. The summed E-state index contributed by atoms with van der Waals surface area (Å²) in [5.41, 5.74) is 2.47. The highest BCUT2D eigenvalue weighted by atomic mass is 16.5. The molecular weight excluding hydrogens is 238 g/mol. The lowest BCUT2D eigenvalue weighted by Crippen LogP contribution is -1.98. The second kappa shape index (κ2) is 4.88. The van der Waals surface area contributed by atoms with Gasteiger partial charge in [-0.3, -0.25) is 0 Å². The van der Waals surface area contributed by atoms with Crippen LogP contribution >= 0.6 is 0 Å². The van der Waals surface area contributed by atoms with E-state index in [4.69, 9.17) is 4.52 Å². The summed E-state index contributed by atoms with van der Waals surface area (Å²) in [4.78, 5) is 4.40. The quantitative estimate of drug-likeness (QED) is 0.718. The molecule has 1 aromatic carbocycles. The van der Waals surface area contributed by atoms with Crippen LogP contribution in [0.5, 0.6) is 0 Å². The number of hydrogen-bond acceptors (Lipinski definition) is 3. The number of benzene rings is 1. The van der Waals surface area contributed by atoms with E-state index in [1.165, 1.54) is 16.5 Å². The van der Waals surface area contributed by atoms with E-state index in [0.717, 1.165) is 18.7 Å². The highest BCUT2D eigenvalue weighted by molar-refractivity contribution is 5.80. The zero-order valence-corrected chi connectivity index (χ0v) is 11.3. The van der Waals surface area contributed by atoms with E-state index in [-0.39, 0.29) is 0 Å². The lowest BCUT2D eigenvalue weighted by atomic mass is 10.2. The number of aryl methyl sites for hydroxylation is 2. The second-order valence-corrected chi connectivity index (χ2v) is 4.86. The lowest BCUT2D eigenvalue weighted by Gasteiger charge is -2.01. The van der Waals surface area contributed by atoms with Crippen LogP contribution in [0.1, 0.15) is 30.6 Å². The van der Waals surface area contributed by atoms with Gasteiger partial charge in [0.05, 0.1) is 0 Å². The van der Waals surface area contributed by atoms with Crippen molar-refractivity contribution in [3.63, 3.8) is 0 Å². The summed E-state index contributed by atoms with van der Waals surface area (Å²) in [5, 5.41) is 5.22. The first-order valence-corrected chi connectivity index (χ1v) is 6.63. The molecule has 0 bridgehead atoms. The van der Waals surface area contributed by atoms with E-state index in [1.807, 2.05) is 0 Å². The third-order valence-electron chi connectivity index (χ3n) is 3.22. The first kappa shape index (κ1) is 12.0. The average molecular weight is 255 g/mol. The zero-order chi connectivity index (χ0) is 13.2. The fourth-order valence-corrected chi connectivity index (χ4v) is 2.28.